The van der Waals surface area contributed by atoms with E-state index in [1.807, 2.05) is 12.2 Å². The standard InChI is InChI=1S/C40H78O3/c1-3-5-7-21-27-33-39(35-29-23-17-13-9-11-15-19-25-31-37-41)43-40(34-28-22-8-6-4-2)36-30-24-18-14-10-12-16-20-26-32-38-42/h25-26,31-32,39-42H,3-24,27-30,33-38H2,1-2H3. The zero-order valence-corrected chi connectivity index (χ0v) is 29.4. The predicted octanol–water partition coefficient (Wildman–Crippen LogP) is 12.6. The summed E-state index contributed by atoms with van der Waals surface area (Å²) in [7, 11) is 0. The van der Waals surface area contributed by atoms with Crippen LogP contribution in [-0.2, 0) is 4.74 Å². The van der Waals surface area contributed by atoms with Gasteiger partial charge in [0.2, 0.25) is 0 Å². The molecule has 256 valence electrons. The Labute approximate surface area is 270 Å². The molecule has 0 saturated heterocycles. The van der Waals surface area contributed by atoms with Gasteiger partial charge in [-0.05, 0) is 51.4 Å². The molecule has 0 heterocycles. The van der Waals surface area contributed by atoms with E-state index in [1.165, 1.54) is 180 Å². The summed E-state index contributed by atoms with van der Waals surface area (Å²) in [5, 5.41) is 17.7. The van der Waals surface area contributed by atoms with Crippen molar-refractivity contribution >= 4 is 0 Å². The van der Waals surface area contributed by atoms with Crippen molar-refractivity contribution in [2.45, 2.75) is 219 Å². The Morgan fingerprint density at radius 1 is 0.372 bits per heavy atom. The lowest BCUT2D eigenvalue weighted by Gasteiger charge is -2.26. The minimum Gasteiger partial charge on any atom is -0.392 e. The molecule has 0 aromatic rings. The Hall–Kier alpha value is -0.640. The highest BCUT2D eigenvalue weighted by Gasteiger charge is 2.17. The van der Waals surface area contributed by atoms with Gasteiger partial charge in [0, 0.05) is 0 Å². The van der Waals surface area contributed by atoms with Crippen molar-refractivity contribution in [3.63, 3.8) is 0 Å². The van der Waals surface area contributed by atoms with Gasteiger partial charge in [0.15, 0.2) is 0 Å². The van der Waals surface area contributed by atoms with Crippen LogP contribution < -0.4 is 0 Å². The molecule has 0 aliphatic carbocycles. The number of hydrogen-bond acceptors (Lipinski definition) is 3. The van der Waals surface area contributed by atoms with E-state index in [0.29, 0.717) is 12.2 Å². The molecular weight excluding hydrogens is 528 g/mol. The molecule has 0 spiro atoms. The van der Waals surface area contributed by atoms with Crippen molar-refractivity contribution in [2.24, 2.45) is 0 Å². The van der Waals surface area contributed by atoms with Gasteiger partial charge in [-0.25, -0.2) is 0 Å². The monoisotopic (exact) mass is 607 g/mol. The second kappa shape index (κ2) is 37.5. The zero-order chi connectivity index (χ0) is 31.3. The number of hydrogen-bond donors (Lipinski definition) is 2. The minimum absolute atomic E-state index is 0.176. The molecule has 2 unspecified atom stereocenters. The molecule has 0 fully saturated rings. The third kappa shape index (κ3) is 34.1. The van der Waals surface area contributed by atoms with Crippen molar-refractivity contribution in [1.82, 2.24) is 0 Å². The fourth-order valence-electron chi connectivity index (χ4n) is 6.21. The molecule has 0 aliphatic rings. The Morgan fingerprint density at radius 2 is 0.651 bits per heavy atom. The van der Waals surface area contributed by atoms with E-state index in [2.05, 4.69) is 26.0 Å². The Balaban J connectivity index is 4.51. The maximum absolute atomic E-state index is 8.83. The average Bonchev–Trinajstić information content (AvgIpc) is 3.01. The molecule has 0 aromatic heterocycles. The molecule has 0 aromatic carbocycles. The maximum atomic E-state index is 8.83. The second-order valence-electron chi connectivity index (χ2n) is 13.2. The summed E-state index contributed by atoms with van der Waals surface area (Å²) < 4.78 is 7.00. The van der Waals surface area contributed by atoms with Gasteiger partial charge in [0.25, 0.3) is 0 Å². The van der Waals surface area contributed by atoms with Crippen LogP contribution in [0.1, 0.15) is 206 Å². The van der Waals surface area contributed by atoms with Gasteiger partial charge in [-0.2, -0.15) is 0 Å². The van der Waals surface area contributed by atoms with Gasteiger partial charge in [0.05, 0.1) is 25.4 Å². The first-order valence-electron chi connectivity index (χ1n) is 19.5. The average molecular weight is 607 g/mol. The third-order valence-electron chi connectivity index (χ3n) is 8.98. The van der Waals surface area contributed by atoms with Crippen LogP contribution in [0.5, 0.6) is 0 Å². The quantitative estimate of drug-likeness (QED) is 0.0551. The van der Waals surface area contributed by atoms with E-state index >= 15 is 0 Å². The van der Waals surface area contributed by atoms with Crippen LogP contribution in [-0.4, -0.2) is 35.6 Å². The topological polar surface area (TPSA) is 49.7 Å². The van der Waals surface area contributed by atoms with Crippen LogP contribution in [0.3, 0.4) is 0 Å². The normalized spacial score (nSPS) is 13.5. The van der Waals surface area contributed by atoms with Crippen LogP contribution in [0, 0.1) is 0 Å². The lowest BCUT2D eigenvalue weighted by molar-refractivity contribution is -0.0324. The Kier molecular flexibility index (Phi) is 37.0. The van der Waals surface area contributed by atoms with E-state index in [0.717, 1.165) is 12.8 Å². The van der Waals surface area contributed by atoms with Gasteiger partial charge >= 0.3 is 0 Å². The Morgan fingerprint density at radius 3 is 0.953 bits per heavy atom. The second-order valence-corrected chi connectivity index (χ2v) is 13.2. The number of rotatable bonds is 36. The first-order chi connectivity index (χ1) is 21.3. The maximum Gasteiger partial charge on any atom is 0.0612 e. The fraction of sp³-hybridized carbons (Fsp3) is 0.900. The summed E-state index contributed by atoms with van der Waals surface area (Å²) >= 11 is 0. The number of ether oxygens (including phenoxy) is 1. The van der Waals surface area contributed by atoms with Gasteiger partial charge in [-0.15, -0.1) is 0 Å². The van der Waals surface area contributed by atoms with E-state index < -0.39 is 0 Å². The minimum atomic E-state index is 0.176. The van der Waals surface area contributed by atoms with E-state index in [-0.39, 0.29) is 13.2 Å². The molecule has 0 amide bonds. The summed E-state index contributed by atoms with van der Waals surface area (Å²) in [5.41, 5.74) is 0. The van der Waals surface area contributed by atoms with Crippen LogP contribution in [0.4, 0.5) is 0 Å². The van der Waals surface area contributed by atoms with E-state index in [1.54, 1.807) is 0 Å². The third-order valence-corrected chi connectivity index (χ3v) is 8.98. The van der Waals surface area contributed by atoms with Gasteiger partial charge < -0.3 is 14.9 Å². The molecule has 3 heteroatoms. The summed E-state index contributed by atoms with van der Waals surface area (Å²) in [6.07, 6.45) is 48.5. The van der Waals surface area contributed by atoms with Crippen LogP contribution in [0.15, 0.2) is 24.3 Å². The highest BCUT2D eigenvalue weighted by molar-refractivity contribution is 4.80. The summed E-state index contributed by atoms with van der Waals surface area (Å²) in [5.74, 6) is 0. The first kappa shape index (κ1) is 42.4. The van der Waals surface area contributed by atoms with Crippen molar-refractivity contribution in [2.75, 3.05) is 13.2 Å². The smallest absolute Gasteiger partial charge is 0.0612 e. The molecule has 0 bridgehead atoms. The number of allylic oxidation sites excluding steroid dienone is 2. The van der Waals surface area contributed by atoms with Crippen molar-refractivity contribution < 1.29 is 14.9 Å². The lowest BCUT2D eigenvalue weighted by Crippen LogP contribution is -2.23. The highest BCUT2D eigenvalue weighted by atomic mass is 16.5. The molecule has 0 radical (unpaired) electrons. The molecule has 0 saturated carbocycles. The van der Waals surface area contributed by atoms with Gasteiger partial charge in [-0.1, -0.05) is 179 Å². The molecule has 2 atom stereocenters. The molecule has 3 nitrogen and oxygen atoms in total. The summed E-state index contributed by atoms with van der Waals surface area (Å²) in [4.78, 5) is 0. The largest absolute Gasteiger partial charge is 0.392 e. The van der Waals surface area contributed by atoms with Crippen LogP contribution in [0.25, 0.3) is 0 Å². The summed E-state index contributed by atoms with van der Waals surface area (Å²) in [6.45, 7) is 4.97. The van der Waals surface area contributed by atoms with Crippen LogP contribution >= 0.6 is 0 Å². The van der Waals surface area contributed by atoms with Gasteiger partial charge in [0.1, 0.15) is 0 Å². The predicted molar refractivity (Wildman–Crippen MR) is 191 cm³/mol. The van der Waals surface area contributed by atoms with Crippen molar-refractivity contribution in [3.05, 3.63) is 24.3 Å². The number of aliphatic hydroxyl groups excluding tert-OH is 2. The van der Waals surface area contributed by atoms with Gasteiger partial charge in [-0.3, -0.25) is 0 Å². The molecule has 2 N–H and O–H groups in total. The van der Waals surface area contributed by atoms with E-state index in [9.17, 15) is 0 Å². The number of unbranched alkanes of at least 4 members (excludes halogenated alkanes) is 22. The SMILES string of the molecule is CCCCCCCC(CCCCCCCCCC=CCO)OC(CCCCCCC)CCCCCCCCCC=CCO. The first-order valence-corrected chi connectivity index (χ1v) is 19.5. The number of aliphatic hydroxyl groups is 2. The fourth-order valence-corrected chi connectivity index (χ4v) is 6.21. The molecule has 43 heavy (non-hydrogen) atoms. The Bertz CT molecular complexity index is 510. The highest BCUT2D eigenvalue weighted by Crippen LogP contribution is 2.23. The molecule has 0 aliphatic heterocycles. The zero-order valence-electron chi connectivity index (χ0n) is 29.4. The summed E-state index contributed by atoms with van der Waals surface area (Å²) in [6, 6.07) is 0. The van der Waals surface area contributed by atoms with Crippen molar-refractivity contribution in [1.29, 1.82) is 0 Å². The molecule has 0 rings (SSSR count). The van der Waals surface area contributed by atoms with Crippen molar-refractivity contribution in [3.8, 4) is 0 Å². The van der Waals surface area contributed by atoms with E-state index in [4.69, 9.17) is 14.9 Å². The lowest BCUT2D eigenvalue weighted by atomic mass is 9.99. The van der Waals surface area contributed by atoms with Crippen LogP contribution in [0.2, 0.25) is 0 Å². The molecular formula is C40H78O3.